The second kappa shape index (κ2) is 8.43. The molecule has 0 aliphatic rings. The van der Waals surface area contributed by atoms with Gasteiger partial charge in [-0.15, -0.1) is 11.8 Å². The number of thioether (sulfide) groups is 1. The average Bonchev–Trinajstić information content (AvgIpc) is 2.93. The molecule has 0 saturated heterocycles. The molecule has 0 aliphatic heterocycles. The molecule has 0 atom stereocenters. The molecule has 1 aromatic carbocycles. The van der Waals surface area contributed by atoms with Gasteiger partial charge in [-0.3, -0.25) is 9.48 Å². The van der Waals surface area contributed by atoms with Gasteiger partial charge in [0.2, 0.25) is 5.91 Å². The van der Waals surface area contributed by atoms with Crippen molar-refractivity contribution in [2.24, 2.45) is 0 Å². The number of benzene rings is 1. The summed E-state index contributed by atoms with van der Waals surface area (Å²) in [7, 11) is 1.63. The quantitative estimate of drug-likeness (QED) is 0.767. The highest BCUT2D eigenvalue weighted by atomic mass is 35.5. The number of rotatable bonds is 7. The number of hydrogen-bond donors (Lipinski definition) is 1. The van der Waals surface area contributed by atoms with Gasteiger partial charge in [-0.25, -0.2) is 0 Å². The first-order chi connectivity index (χ1) is 10.6. The Morgan fingerprint density at radius 3 is 3.05 bits per heavy atom. The summed E-state index contributed by atoms with van der Waals surface area (Å²) in [4.78, 5) is 12.7. The molecule has 8 heteroatoms. The van der Waals surface area contributed by atoms with Crippen molar-refractivity contribution < 1.29 is 9.53 Å². The predicted octanol–water partition coefficient (Wildman–Crippen LogP) is 3.57. The van der Waals surface area contributed by atoms with E-state index in [1.165, 1.54) is 11.8 Å². The third-order valence-corrected chi connectivity index (χ3v) is 4.43. The van der Waals surface area contributed by atoms with Gasteiger partial charge < -0.3 is 10.1 Å². The summed E-state index contributed by atoms with van der Waals surface area (Å²) in [5.41, 5.74) is 0.652. The van der Waals surface area contributed by atoms with Gasteiger partial charge in [0.05, 0.1) is 35.8 Å². The highest BCUT2D eigenvalue weighted by molar-refractivity contribution is 8.00. The number of nitrogens with one attached hydrogen (secondary N) is 1. The Labute approximate surface area is 142 Å². The Morgan fingerprint density at radius 2 is 2.27 bits per heavy atom. The zero-order valence-electron chi connectivity index (χ0n) is 11.9. The van der Waals surface area contributed by atoms with Gasteiger partial charge in [-0.1, -0.05) is 23.2 Å². The number of amides is 1. The molecule has 0 radical (unpaired) electrons. The fraction of sp³-hybridized carbons (Fsp3) is 0.286. The van der Waals surface area contributed by atoms with Crippen LogP contribution >= 0.6 is 35.0 Å². The lowest BCUT2D eigenvalue weighted by atomic mass is 10.4. The first-order valence-corrected chi connectivity index (χ1v) is 8.21. The minimum Gasteiger partial charge on any atom is -0.383 e. The van der Waals surface area contributed by atoms with E-state index >= 15 is 0 Å². The van der Waals surface area contributed by atoms with Crippen LogP contribution in [0.3, 0.4) is 0 Å². The lowest BCUT2D eigenvalue weighted by molar-refractivity contribution is -0.113. The molecule has 0 spiro atoms. The van der Waals surface area contributed by atoms with Crippen molar-refractivity contribution in [1.29, 1.82) is 0 Å². The number of nitrogens with zero attached hydrogens (tertiary/aromatic N) is 2. The summed E-state index contributed by atoms with van der Waals surface area (Å²) in [6.45, 7) is 1.21. The Hall–Kier alpha value is -1.21. The van der Waals surface area contributed by atoms with Crippen LogP contribution in [0.5, 0.6) is 0 Å². The molecule has 2 aromatic rings. The molecule has 1 heterocycles. The van der Waals surface area contributed by atoms with Gasteiger partial charge in [0.1, 0.15) is 0 Å². The summed E-state index contributed by atoms with van der Waals surface area (Å²) in [6, 6.07) is 5.16. The molecular weight excluding hydrogens is 345 g/mol. The molecule has 1 amide bonds. The topological polar surface area (TPSA) is 56.1 Å². The van der Waals surface area contributed by atoms with E-state index in [1.54, 1.807) is 42.4 Å². The van der Waals surface area contributed by atoms with Crippen molar-refractivity contribution in [3.05, 3.63) is 40.6 Å². The van der Waals surface area contributed by atoms with E-state index < -0.39 is 0 Å². The van der Waals surface area contributed by atoms with E-state index in [2.05, 4.69) is 10.4 Å². The number of carbonyl (C=O) groups is 1. The van der Waals surface area contributed by atoms with Crippen molar-refractivity contribution in [2.75, 3.05) is 24.8 Å². The second-order valence-electron chi connectivity index (χ2n) is 4.40. The third-order valence-electron chi connectivity index (χ3n) is 2.69. The van der Waals surface area contributed by atoms with Crippen LogP contribution in [0.15, 0.2) is 35.5 Å². The van der Waals surface area contributed by atoms with Gasteiger partial charge >= 0.3 is 0 Å². The van der Waals surface area contributed by atoms with E-state index in [-0.39, 0.29) is 11.7 Å². The maximum absolute atomic E-state index is 11.9. The molecule has 5 nitrogen and oxygen atoms in total. The van der Waals surface area contributed by atoms with E-state index in [0.29, 0.717) is 28.9 Å². The fourth-order valence-electron chi connectivity index (χ4n) is 1.66. The largest absolute Gasteiger partial charge is 0.383 e. The smallest absolute Gasteiger partial charge is 0.234 e. The number of halogens is 2. The lowest BCUT2D eigenvalue weighted by Gasteiger charge is -2.05. The van der Waals surface area contributed by atoms with Gasteiger partial charge in [0.15, 0.2) is 0 Å². The van der Waals surface area contributed by atoms with Crippen molar-refractivity contribution in [3.63, 3.8) is 0 Å². The third kappa shape index (κ3) is 5.21. The fourth-order valence-corrected chi connectivity index (χ4v) is 2.96. The molecule has 0 unspecified atom stereocenters. The normalized spacial score (nSPS) is 10.7. The van der Waals surface area contributed by atoms with Crippen molar-refractivity contribution >= 4 is 46.6 Å². The molecule has 1 N–H and O–H groups in total. The number of aromatic nitrogens is 2. The monoisotopic (exact) mass is 359 g/mol. The number of hydrogen-bond acceptors (Lipinski definition) is 4. The zero-order valence-corrected chi connectivity index (χ0v) is 14.2. The minimum absolute atomic E-state index is 0.132. The standard InChI is InChI=1S/C14H15Cl2N3O2S/c1-21-5-4-19-8-11(7-17-19)18-14(20)9-22-13-6-10(15)2-3-12(13)16/h2-3,6-8H,4-5,9H2,1H3,(H,18,20). The summed E-state index contributed by atoms with van der Waals surface area (Å²) in [6.07, 6.45) is 3.36. The second-order valence-corrected chi connectivity index (χ2v) is 6.26. The van der Waals surface area contributed by atoms with E-state index in [9.17, 15) is 4.79 Å². The van der Waals surface area contributed by atoms with Crippen molar-refractivity contribution in [3.8, 4) is 0 Å². The first-order valence-electron chi connectivity index (χ1n) is 6.47. The highest BCUT2D eigenvalue weighted by Crippen LogP contribution is 2.29. The molecule has 0 saturated carbocycles. The van der Waals surface area contributed by atoms with Crippen LogP contribution in [-0.4, -0.2) is 35.2 Å². The predicted molar refractivity (Wildman–Crippen MR) is 89.9 cm³/mol. The van der Waals surface area contributed by atoms with Crippen LogP contribution in [-0.2, 0) is 16.1 Å². The number of anilines is 1. The Balaban J connectivity index is 1.85. The van der Waals surface area contributed by atoms with Gasteiger partial charge in [-0.2, -0.15) is 5.10 Å². The van der Waals surface area contributed by atoms with E-state index in [0.717, 1.165) is 4.90 Å². The van der Waals surface area contributed by atoms with Crippen molar-refractivity contribution in [1.82, 2.24) is 9.78 Å². The van der Waals surface area contributed by atoms with E-state index in [1.807, 2.05) is 0 Å². The molecule has 0 fully saturated rings. The van der Waals surface area contributed by atoms with Crippen LogP contribution in [0.4, 0.5) is 5.69 Å². The Bertz CT molecular complexity index is 649. The molecule has 118 valence electrons. The van der Waals surface area contributed by atoms with Crippen LogP contribution < -0.4 is 5.32 Å². The van der Waals surface area contributed by atoms with Crippen LogP contribution in [0, 0.1) is 0 Å². The molecule has 2 rings (SSSR count). The first kappa shape index (κ1) is 17.1. The maximum Gasteiger partial charge on any atom is 0.234 e. The van der Waals surface area contributed by atoms with Crippen LogP contribution in [0.25, 0.3) is 0 Å². The molecule has 22 heavy (non-hydrogen) atoms. The highest BCUT2D eigenvalue weighted by Gasteiger charge is 2.08. The zero-order chi connectivity index (χ0) is 15.9. The van der Waals surface area contributed by atoms with Crippen LogP contribution in [0.2, 0.25) is 10.0 Å². The Morgan fingerprint density at radius 1 is 1.45 bits per heavy atom. The van der Waals surface area contributed by atoms with Gasteiger partial charge in [0, 0.05) is 23.2 Å². The number of methoxy groups -OCH3 is 1. The molecular formula is C14H15Cl2N3O2S. The average molecular weight is 360 g/mol. The number of ether oxygens (including phenoxy) is 1. The van der Waals surface area contributed by atoms with Crippen LogP contribution in [0.1, 0.15) is 0 Å². The van der Waals surface area contributed by atoms with Gasteiger partial charge in [-0.05, 0) is 18.2 Å². The molecule has 1 aromatic heterocycles. The number of carbonyl (C=O) groups excluding carboxylic acids is 1. The summed E-state index contributed by atoms with van der Waals surface area (Å²) < 4.78 is 6.68. The van der Waals surface area contributed by atoms with Crippen molar-refractivity contribution in [2.45, 2.75) is 11.4 Å². The van der Waals surface area contributed by atoms with E-state index in [4.69, 9.17) is 27.9 Å². The Kier molecular flexibility index (Phi) is 6.57. The maximum atomic E-state index is 11.9. The molecule has 0 aliphatic carbocycles. The summed E-state index contributed by atoms with van der Waals surface area (Å²) in [5, 5.41) is 8.08. The lowest BCUT2D eigenvalue weighted by Crippen LogP contribution is -2.13. The summed E-state index contributed by atoms with van der Waals surface area (Å²) >= 11 is 13.3. The summed E-state index contributed by atoms with van der Waals surface area (Å²) in [5.74, 6) is 0.107. The van der Waals surface area contributed by atoms with Gasteiger partial charge in [0.25, 0.3) is 0 Å². The molecule has 0 bridgehead atoms. The minimum atomic E-state index is -0.132. The SMILES string of the molecule is COCCn1cc(NC(=O)CSc2cc(Cl)ccc2Cl)cn1.